The Labute approximate surface area is 265 Å². The maximum Gasteiger partial charge on any atom is 0.249 e. The number of fused-ring (bicyclic) bond motifs is 7. The number of hydrogen-bond donors (Lipinski definition) is 1. The van der Waals surface area contributed by atoms with E-state index in [9.17, 15) is 0 Å². The maximum absolute atomic E-state index is 7.32. The Morgan fingerprint density at radius 3 is 1.46 bits per heavy atom. The van der Waals surface area contributed by atoms with Crippen molar-refractivity contribution in [3.8, 4) is 17.4 Å². The van der Waals surface area contributed by atoms with E-state index in [0.717, 1.165) is 13.1 Å². The van der Waals surface area contributed by atoms with E-state index in [-0.39, 0.29) is 44.8 Å². The number of aromatic nitrogens is 5. The summed E-state index contributed by atoms with van der Waals surface area (Å²) in [6.07, 6.45) is 17.0. The van der Waals surface area contributed by atoms with Crippen LogP contribution in [0, 0.1) is 11.3 Å². The van der Waals surface area contributed by atoms with E-state index in [1.54, 1.807) is 6.07 Å². The summed E-state index contributed by atoms with van der Waals surface area (Å²) < 4.78 is 9.26. The molecule has 2 aromatic carbocycles. The zero-order valence-electron chi connectivity index (χ0n) is 25.3. The van der Waals surface area contributed by atoms with Crippen LogP contribution in [0.5, 0.6) is 0 Å². The molecule has 1 N–H and O–H groups in total. The van der Waals surface area contributed by atoms with Crippen molar-refractivity contribution in [1.82, 2.24) is 14.1 Å². The molecule has 41 heavy (non-hydrogen) atoms. The monoisotopic (exact) mass is 680 g/mol. The summed E-state index contributed by atoms with van der Waals surface area (Å²) in [5.74, 6) is 0. The van der Waals surface area contributed by atoms with Gasteiger partial charge in [-0.25, -0.2) is 18.3 Å². The SMILES string of the molecule is CC#N.CC(C)(C)c1cc2c3[nH]c4c(cc(C(C)(C)C)cc4c3c1)-n1cc[n+](c1)CCCCC[n+]1ccn-2c1.[Br-].[Br-]. The Hall–Kier alpha value is -2.89. The smallest absolute Gasteiger partial charge is 0.249 e. The molecule has 6 nitrogen and oxygen atoms in total. The van der Waals surface area contributed by atoms with Gasteiger partial charge in [0.25, 0.3) is 0 Å². The number of imidazole rings is 2. The summed E-state index contributed by atoms with van der Waals surface area (Å²) >= 11 is 0. The number of nitriles is 1. The lowest BCUT2D eigenvalue weighted by Gasteiger charge is -2.20. The fourth-order valence-electron chi connectivity index (χ4n) is 5.44. The Kier molecular flexibility index (Phi) is 9.98. The third kappa shape index (κ3) is 6.62. The van der Waals surface area contributed by atoms with Gasteiger partial charge in [0.2, 0.25) is 12.7 Å². The van der Waals surface area contributed by atoms with E-state index in [1.807, 2.05) is 0 Å². The van der Waals surface area contributed by atoms with E-state index >= 15 is 0 Å². The Morgan fingerprint density at radius 1 is 0.707 bits per heavy atom. The van der Waals surface area contributed by atoms with E-state index in [0.29, 0.717) is 0 Å². The van der Waals surface area contributed by atoms with Crippen LogP contribution in [0.2, 0.25) is 0 Å². The highest BCUT2D eigenvalue weighted by molar-refractivity contribution is 6.12. The van der Waals surface area contributed by atoms with Crippen molar-refractivity contribution >= 4 is 21.8 Å². The van der Waals surface area contributed by atoms with E-state index < -0.39 is 0 Å². The van der Waals surface area contributed by atoms with Crippen LogP contribution in [0.1, 0.15) is 78.9 Å². The van der Waals surface area contributed by atoms with Crippen LogP contribution < -0.4 is 43.1 Å². The van der Waals surface area contributed by atoms with Gasteiger partial charge in [-0.05, 0) is 65.5 Å². The molecule has 0 aliphatic carbocycles. The predicted molar refractivity (Wildman–Crippen MR) is 157 cm³/mol. The average molecular weight is 683 g/mol. The van der Waals surface area contributed by atoms with Crippen LogP contribution in [0.25, 0.3) is 33.2 Å². The number of nitrogens with zero attached hydrogens (tertiary/aromatic N) is 5. The highest BCUT2D eigenvalue weighted by atomic mass is 79.9. The van der Waals surface area contributed by atoms with E-state index in [4.69, 9.17) is 5.26 Å². The highest BCUT2D eigenvalue weighted by Crippen LogP contribution is 2.39. The lowest BCUT2D eigenvalue weighted by atomic mass is 9.84. The number of nitrogens with one attached hydrogen (secondary N) is 1. The van der Waals surface area contributed by atoms with E-state index in [1.165, 1.54) is 70.5 Å². The normalized spacial score (nSPS) is 13.3. The summed E-state index contributed by atoms with van der Waals surface area (Å²) in [5, 5.41) is 9.91. The second-order valence-corrected chi connectivity index (χ2v) is 12.9. The van der Waals surface area contributed by atoms with Crippen molar-refractivity contribution in [2.24, 2.45) is 0 Å². The molecule has 8 heteroatoms. The van der Waals surface area contributed by atoms with Crippen LogP contribution in [0.4, 0.5) is 0 Å². The molecule has 1 aliphatic rings. The molecule has 218 valence electrons. The summed E-state index contributed by atoms with van der Waals surface area (Å²) in [7, 11) is 0. The number of halogens is 2. The fourth-order valence-corrected chi connectivity index (χ4v) is 5.44. The van der Waals surface area contributed by atoms with Gasteiger partial charge in [0.1, 0.15) is 24.8 Å². The molecule has 0 atom stereocenters. The molecule has 0 fully saturated rings. The van der Waals surface area contributed by atoms with Crippen LogP contribution >= 0.6 is 0 Å². The summed E-state index contributed by atoms with van der Waals surface area (Å²) in [5.41, 5.74) is 7.61. The number of benzene rings is 2. The molecule has 0 saturated carbocycles. The first-order valence-corrected chi connectivity index (χ1v) is 14.1. The Morgan fingerprint density at radius 2 is 1.10 bits per heavy atom. The number of hydrogen-bond acceptors (Lipinski definition) is 1. The number of rotatable bonds is 0. The molecule has 3 aromatic heterocycles. The quantitative estimate of drug-likeness (QED) is 0.242. The van der Waals surface area contributed by atoms with Gasteiger partial charge in [0.05, 0.1) is 30.2 Å². The van der Waals surface area contributed by atoms with E-state index in [2.05, 4.69) is 127 Å². The average Bonchev–Trinajstić information content (AvgIpc) is 3.60. The Balaban J connectivity index is 0.000000887. The molecule has 0 unspecified atom stereocenters. The number of aryl methyl sites for hydroxylation is 2. The lowest BCUT2D eigenvalue weighted by molar-refractivity contribution is -0.700. The molecule has 0 saturated heterocycles. The van der Waals surface area contributed by atoms with Gasteiger partial charge in [-0.3, -0.25) is 0 Å². The third-order valence-corrected chi connectivity index (χ3v) is 7.78. The fraction of sp³-hybridized carbons (Fsp3) is 0.424. The molecule has 0 radical (unpaired) electrons. The lowest BCUT2D eigenvalue weighted by Crippen LogP contribution is -3.00. The largest absolute Gasteiger partial charge is 1.00 e. The minimum atomic E-state index is 0. The van der Waals surface area contributed by atoms with Crippen LogP contribution in [0.15, 0.2) is 61.7 Å². The first kappa shape index (κ1) is 32.6. The van der Waals surface area contributed by atoms with Crippen molar-refractivity contribution < 1.29 is 43.1 Å². The summed E-state index contributed by atoms with van der Waals surface area (Å²) in [6, 6.07) is 11.3. The molecule has 6 bridgehead atoms. The molecule has 0 amide bonds. The minimum Gasteiger partial charge on any atom is -1.00 e. The van der Waals surface area contributed by atoms with Crippen molar-refractivity contribution in [3.63, 3.8) is 0 Å². The molecule has 5 aromatic rings. The maximum atomic E-state index is 7.32. The van der Waals surface area contributed by atoms with Crippen LogP contribution in [0.3, 0.4) is 0 Å². The first-order chi connectivity index (χ1) is 18.5. The molecule has 0 spiro atoms. The highest BCUT2D eigenvalue weighted by Gasteiger charge is 2.26. The van der Waals surface area contributed by atoms with Gasteiger partial charge >= 0.3 is 0 Å². The van der Waals surface area contributed by atoms with Crippen molar-refractivity contribution in [1.29, 1.82) is 5.26 Å². The van der Waals surface area contributed by atoms with Crippen LogP contribution in [-0.4, -0.2) is 14.1 Å². The first-order valence-electron chi connectivity index (χ1n) is 14.1. The minimum absolute atomic E-state index is 0. The second kappa shape index (κ2) is 12.5. The van der Waals surface area contributed by atoms with Crippen molar-refractivity contribution in [2.45, 2.75) is 91.6 Å². The predicted octanol–water partition coefficient (Wildman–Crippen LogP) is 0.794. The number of aromatic amines is 1. The zero-order chi connectivity index (χ0) is 27.9. The Bertz CT molecular complexity index is 1570. The van der Waals surface area contributed by atoms with Gasteiger partial charge < -0.3 is 38.9 Å². The van der Waals surface area contributed by atoms with Crippen molar-refractivity contribution in [3.05, 3.63) is 72.8 Å². The van der Waals surface area contributed by atoms with Gasteiger partial charge in [-0.15, -0.1) is 0 Å². The molecular formula is C33H42Br2N6. The standard InChI is InChI=1S/C31H39N5.C2H3N.2BrH/c1-30(2,3)22-16-24-25-17-23(31(4,5)6)19-27-29(25)32-28(24)26(18-22)35-14-12-33(20-35)10-8-7-9-11-34-13-15-36(27)21-34;1-2-3;;/h12-21,32H,7-11H2,1-6H3;1H3;2*1H/q+2;;;/p-2. The second-order valence-electron chi connectivity index (χ2n) is 12.9. The van der Waals surface area contributed by atoms with Gasteiger partial charge in [-0.1, -0.05) is 41.5 Å². The summed E-state index contributed by atoms with van der Waals surface area (Å²) in [6.45, 7) is 17.4. The molecule has 4 heterocycles. The third-order valence-electron chi connectivity index (χ3n) is 7.78. The molecular weight excluding hydrogens is 640 g/mol. The van der Waals surface area contributed by atoms with Crippen molar-refractivity contribution in [2.75, 3.05) is 0 Å². The van der Waals surface area contributed by atoms with Gasteiger partial charge in [0.15, 0.2) is 11.4 Å². The topological polar surface area (TPSA) is 57.2 Å². The molecule has 1 aliphatic heterocycles. The summed E-state index contributed by atoms with van der Waals surface area (Å²) in [4.78, 5) is 3.89. The van der Waals surface area contributed by atoms with Gasteiger partial charge in [0, 0.05) is 17.7 Å². The van der Waals surface area contributed by atoms with Crippen LogP contribution in [-0.2, 0) is 23.9 Å². The molecule has 6 rings (SSSR count). The van der Waals surface area contributed by atoms with Gasteiger partial charge in [-0.2, -0.15) is 5.26 Å². The zero-order valence-corrected chi connectivity index (χ0v) is 28.5. The number of H-pyrrole nitrogens is 1.